The Morgan fingerprint density at radius 3 is 3.00 bits per heavy atom. The van der Waals surface area contributed by atoms with E-state index in [0.717, 1.165) is 0 Å². The fourth-order valence-corrected chi connectivity index (χ4v) is 0.901. The molecule has 1 aliphatic carbocycles. The summed E-state index contributed by atoms with van der Waals surface area (Å²) in [6.45, 7) is 1.69. The second-order valence-electron chi connectivity index (χ2n) is 2.54. The van der Waals surface area contributed by atoms with Crippen molar-refractivity contribution >= 4 is 0 Å². The Hall–Kier alpha value is -0.660. The van der Waals surface area contributed by atoms with Crippen LogP contribution in [0.3, 0.4) is 0 Å². The maximum Gasteiger partial charge on any atom is 0.121 e. The molecule has 0 spiro atoms. The van der Waals surface area contributed by atoms with E-state index < -0.39 is 6.17 Å². The Kier molecular flexibility index (Phi) is 2.20. The summed E-state index contributed by atoms with van der Waals surface area (Å²) in [7, 11) is 0. The highest BCUT2D eigenvalue weighted by Gasteiger charge is 2.08. The summed E-state index contributed by atoms with van der Waals surface area (Å²) in [6, 6.07) is 0. The number of allylic oxidation sites excluding steroid dienone is 4. The summed E-state index contributed by atoms with van der Waals surface area (Å²) in [5.74, 6) is -0.278. The van der Waals surface area contributed by atoms with E-state index in [9.17, 15) is 8.78 Å². The topological polar surface area (TPSA) is 0 Å². The molecule has 1 unspecified atom stereocenters. The molecule has 1 aliphatic rings. The molecule has 1 rings (SSSR count). The quantitative estimate of drug-likeness (QED) is 0.490. The van der Waals surface area contributed by atoms with Gasteiger partial charge in [-0.05, 0) is 37.5 Å². The van der Waals surface area contributed by atoms with E-state index in [4.69, 9.17) is 0 Å². The predicted molar refractivity (Wildman–Crippen MR) is 37.1 cm³/mol. The Bertz CT molecular complexity index is 180. The van der Waals surface area contributed by atoms with Crippen molar-refractivity contribution in [1.82, 2.24) is 0 Å². The standard InChI is InChI=1S/C8H10F2/c1-6-2-3-7(9)4-5-8(6)10/h4-5,7H,2-3H2,1H3. The Morgan fingerprint density at radius 2 is 2.30 bits per heavy atom. The molecule has 2 heteroatoms. The van der Waals surface area contributed by atoms with Gasteiger partial charge in [-0.15, -0.1) is 0 Å². The predicted octanol–water partition coefficient (Wildman–Crippen LogP) is 2.92. The smallest absolute Gasteiger partial charge is 0.121 e. The maximum atomic E-state index is 12.6. The van der Waals surface area contributed by atoms with Crippen molar-refractivity contribution < 1.29 is 8.78 Å². The van der Waals surface area contributed by atoms with Crippen LogP contribution in [0.5, 0.6) is 0 Å². The zero-order valence-corrected chi connectivity index (χ0v) is 5.90. The third-order valence-electron chi connectivity index (χ3n) is 1.65. The summed E-state index contributed by atoms with van der Waals surface area (Å²) in [5, 5.41) is 0. The Balaban J connectivity index is 2.72. The minimum atomic E-state index is -0.969. The normalized spacial score (nSPS) is 26.9. The number of hydrogen-bond donors (Lipinski definition) is 0. The van der Waals surface area contributed by atoms with E-state index in [1.54, 1.807) is 6.92 Å². The van der Waals surface area contributed by atoms with Crippen LogP contribution in [0.1, 0.15) is 19.8 Å². The first-order valence-corrected chi connectivity index (χ1v) is 3.37. The molecular formula is C8H10F2. The van der Waals surface area contributed by atoms with E-state index >= 15 is 0 Å². The van der Waals surface area contributed by atoms with Gasteiger partial charge in [0.1, 0.15) is 12.0 Å². The first-order chi connectivity index (χ1) is 4.70. The van der Waals surface area contributed by atoms with E-state index in [2.05, 4.69) is 0 Å². The average molecular weight is 144 g/mol. The van der Waals surface area contributed by atoms with Gasteiger partial charge in [0.2, 0.25) is 0 Å². The van der Waals surface area contributed by atoms with E-state index in [0.29, 0.717) is 18.4 Å². The van der Waals surface area contributed by atoms with Crippen molar-refractivity contribution in [2.45, 2.75) is 25.9 Å². The minimum absolute atomic E-state index is 0.278. The van der Waals surface area contributed by atoms with Crippen LogP contribution in [0, 0.1) is 0 Å². The second-order valence-corrected chi connectivity index (χ2v) is 2.54. The van der Waals surface area contributed by atoms with Crippen molar-refractivity contribution in [2.24, 2.45) is 0 Å². The highest BCUT2D eigenvalue weighted by Crippen LogP contribution is 2.20. The van der Waals surface area contributed by atoms with Gasteiger partial charge in [0.05, 0.1) is 0 Å². The molecule has 0 fully saturated rings. The van der Waals surface area contributed by atoms with Gasteiger partial charge in [-0.3, -0.25) is 0 Å². The zero-order chi connectivity index (χ0) is 7.56. The van der Waals surface area contributed by atoms with Crippen molar-refractivity contribution in [2.75, 3.05) is 0 Å². The molecule has 0 nitrogen and oxygen atoms in total. The zero-order valence-electron chi connectivity index (χ0n) is 5.90. The molecule has 0 amide bonds. The molecular weight excluding hydrogens is 134 g/mol. The van der Waals surface area contributed by atoms with Gasteiger partial charge in [-0.1, -0.05) is 0 Å². The second kappa shape index (κ2) is 2.95. The molecule has 0 saturated carbocycles. The molecule has 0 aromatic heterocycles. The monoisotopic (exact) mass is 144 g/mol. The molecule has 0 aliphatic heterocycles. The number of halogens is 2. The van der Waals surface area contributed by atoms with Crippen LogP contribution in [-0.4, -0.2) is 6.17 Å². The molecule has 0 N–H and O–H groups in total. The van der Waals surface area contributed by atoms with Crippen LogP contribution < -0.4 is 0 Å². The Morgan fingerprint density at radius 1 is 1.60 bits per heavy atom. The highest BCUT2D eigenvalue weighted by molar-refractivity contribution is 5.21. The van der Waals surface area contributed by atoms with Gasteiger partial charge in [0.25, 0.3) is 0 Å². The number of hydrogen-bond acceptors (Lipinski definition) is 0. The highest BCUT2D eigenvalue weighted by atomic mass is 19.1. The van der Waals surface area contributed by atoms with Crippen LogP contribution in [0.15, 0.2) is 23.6 Å². The minimum Gasteiger partial charge on any atom is -0.243 e. The lowest BCUT2D eigenvalue weighted by Crippen LogP contribution is -1.92. The third-order valence-corrected chi connectivity index (χ3v) is 1.65. The SMILES string of the molecule is CC1=C(F)C=CC(F)CC1. The van der Waals surface area contributed by atoms with Gasteiger partial charge in [0, 0.05) is 0 Å². The molecule has 56 valence electrons. The largest absolute Gasteiger partial charge is 0.243 e. The van der Waals surface area contributed by atoms with Crippen LogP contribution >= 0.6 is 0 Å². The van der Waals surface area contributed by atoms with Gasteiger partial charge < -0.3 is 0 Å². The van der Waals surface area contributed by atoms with E-state index in [-0.39, 0.29) is 5.83 Å². The third kappa shape index (κ3) is 1.66. The van der Waals surface area contributed by atoms with Crippen molar-refractivity contribution in [1.29, 1.82) is 0 Å². The summed E-state index contributed by atoms with van der Waals surface area (Å²) >= 11 is 0. The van der Waals surface area contributed by atoms with E-state index in [1.165, 1.54) is 12.2 Å². The molecule has 0 saturated heterocycles. The van der Waals surface area contributed by atoms with Gasteiger partial charge in [-0.25, -0.2) is 8.78 Å². The van der Waals surface area contributed by atoms with Crippen molar-refractivity contribution in [3.05, 3.63) is 23.6 Å². The summed E-state index contributed by atoms with van der Waals surface area (Å²) in [4.78, 5) is 0. The van der Waals surface area contributed by atoms with Gasteiger partial charge in [-0.2, -0.15) is 0 Å². The van der Waals surface area contributed by atoms with E-state index in [1.807, 2.05) is 0 Å². The van der Waals surface area contributed by atoms with Crippen LogP contribution in [0.25, 0.3) is 0 Å². The van der Waals surface area contributed by atoms with Crippen LogP contribution in [-0.2, 0) is 0 Å². The summed E-state index contributed by atoms with van der Waals surface area (Å²) in [5.41, 5.74) is 0.649. The summed E-state index contributed by atoms with van der Waals surface area (Å²) < 4.78 is 25.1. The van der Waals surface area contributed by atoms with Gasteiger partial charge in [0.15, 0.2) is 0 Å². The molecule has 1 atom stereocenters. The lowest BCUT2D eigenvalue weighted by molar-refractivity contribution is 0.380. The molecule has 0 heterocycles. The van der Waals surface area contributed by atoms with Crippen LogP contribution in [0.2, 0.25) is 0 Å². The molecule has 0 radical (unpaired) electrons. The van der Waals surface area contributed by atoms with Gasteiger partial charge >= 0.3 is 0 Å². The number of alkyl halides is 1. The Labute approximate surface area is 59.2 Å². The van der Waals surface area contributed by atoms with Crippen molar-refractivity contribution in [3.63, 3.8) is 0 Å². The molecule has 0 aromatic carbocycles. The fraction of sp³-hybridized carbons (Fsp3) is 0.500. The van der Waals surface area contributed by atoms with Crippen LogP contribution in [0.4, 0.5) is 8.78 Å². The van der Waals surface area contributed by atoms with Crippen molar-refractivity contribution in [3.8, 4) is 0 Å². The fourth-order valence-electron chi connectivity index (χ4n) is 0.901. The molecule has 0 bridgehead atoms. The molecule has 0 aromatic rings. The first-order valence-electron chi connectivity index (χ1n) is 3.37. The summed E-state index contributed by atoms with van der Waals surface area (Å²) in [6.07, 6.45) is 2.46. The first kappa shape index (κ1) is 7.45. The average Bonchev–Trinajstić information content (AvgIpc) is 2.04. The lowest BCUT2D eigenvalue weighted by atomic mass is 10.1. The number of rotatable bonds is 0. The lowest BCUT2D eigenvalue weighted by Gasteiger charge is -1.98. The molecule has 10 heavy (non-hydrogen) atoms. The maximum absolute atomic E-state index is 12.6.